The van der Waals surface area contributed by atoms with Crippen LogP contribution in [-0.2, 0) is 0 Å². The van der Waals surface area contributed by atoms with Crippen molar-refractivity contribution in [3.05, 3.63) is 33.4 Å². The van der Waals surface area contributed by atoms with Crippen LogP contribution in [0.25, 0.3) is 11.1 Å². The molecular weight excluding hydrogens is 345 g/mol. The zero-order chi connectivity index (χ0) is 15.7. The van der Waals surface area contributed by atoms with Crippen molar-refractivity contribution >= 4 is 46.6 Å². The molecule has 0 spiro atoms. The Balaban J connectivity index is 1.99. The van der Waals surface area contributed by atoms with Crippen LogP contribution in [-0.4, -0.2) is 36.1 Å². The first-order valence-corrected chi connectivity index (χ1v) is 7.93. The maximum atomic E-state index is 6.24. The molecule has 22 heavy (non-hydrogen) atoms. The van der Waals surface area contributed by atoms with E-state index >= 15 is 0 Å². The first kappa shape index (κ1) is 15.6. The Kier molecular flexibility index (Phi) is 4.59. The van der Waals surface area contributed by atoms with E-state index in [2.05, 4.69) is 20.2 Å². The summed E-state index contributed by atoms with van der Waals surface area (Å²) < 4.78 is 0. The number of aromatic nitrogens is 2. The van der Waals surface area contributed by atoms with E-state index in [1.54, 1.807) is 18.3 Å². The molecule has 1 aliphatic rings. The summed E-state index contributed by atoms with van der Waals surface area (Å²) in [7, 11) is 0. The Morgan fingerprint density at radius 2 is 1.82 bits per heavy atom. The zero-order valence-corrected chi connectivity index (χ0v) is 13.9. The Hall–Kier alpha value is -1.27. The maximum absolute atomic E-state index is 6.24. The van der Waals surface area contributed by atoms with Crippen LogP contribution in [0.3, 0.4) is 0 Å². The van der Waals surface area contributed by atoms with Gasteiger partial charge in [0.15, 0.2) is 0 Å². The number of nitrogen functional groups attached to an aromatic ring is 1. The summed E-state index contributed by atoms with van der Waals surface area (Å²) in [6, 6.07) is 3.29. The number of hydrogen-bond donors (Lipinski definition) is 2. The molecule has 0 saturated carbocycles. The topological polar surface area (TPSA) is 67.1 Å². The van der Waals surface area contributed by atoms with Crippen molar-refractivity contribution in [2.24, 2.45) is 0 Å². The Morgan fingerprint density at radius 3 is 2.50 bits per heavy atom. The molecule has 0 bridgehead atoms. The summed E-state index contributed by atoms with van der Waals surface area (Å²) in [6.45, 7) is 3.51. The molecule has 0 unspecified atom stereocenters. The average Bonchev–Trinajstić information content (AvgIpc) is 2.52. The van der Waals surface area contributed by atoms with Crippen molar-refractivity contribution < 1.29 is 0 Å². The molecule has 2 aromatic rings. The number of halogens is 3. The smallest absolute Gasteiger partial charge is 0.227 e. The summed E-state index contributed by atoms with van der Waals surface area (Å²) in [6.07, 6.45) is 1.66. The SMILES string of the molecule is Nc1nc(N2CCNCC2)ncc1-c1cc(Cl)cc(Cl)c1Cl. The Labute approximate surface area is 143 Å². The third-order valence-electron chi connectivity index (χ3n) is 3.49. The summed E-state index contributed by atoms with van der Waals surface area (Å²) in [5.41, 5.74) is 7.34. The number of hydrogen-bond acceptors (Lipinski definition) is 5. The van der Waals surface area contributed by atoms with E-state index in [4.69, 9.17) is 40.5 Å². The fourth-order valence-corrected chi connectivity index (χ4v) is 3.07. The minimum absolute atomic E-state index is 0.351. The van der Waals surface area contributed by atoms with Gasteiger partial charge in [-0.2, -0.15) is 4.98 Å². The lowest BCUT2D eigenvalue weighted by Gasteiger charge is -2.27. The predicted octanol–water partition coefficient (Wildman–Crippen LogP) is 3.10. The molecule has 2 heterocycles. The van der Waals surface area contributed by atoms with Crippen molar-refractivity contribution in [3.63, 3.8) is 0 Å². The van der Waals surface area contributed by atoms with E-state index < -0.39 is 0 Å². The highest BCUT2D eigenvalue weighted by molar-refractivity contribution is 6.45. The highest BCUT2D eigenvalue weighted by Crippen LogP contribution is 2.38. The molecule has 1 saturated heterocycles. The molecule has 8 heteroatoms. The van der Waals surface area contributed by atoms with Gasteiger partial charge in [0.05, 0.1) is 10.0 Å². The second kappa shape index (κ2) is 6.46. The van der Waals surface area contributed by atoms with Gasteiger partial charge < -0.3 is 16.0 Å². The molecule has 1 aliphatic heterocycles. The second-order valence-electron chi connectivity index (χ2n) is 4.96. The lowest BCUT2D eigenvalue weighted by atomic mass is 10.1. The van der Waals surface area contributed by atoms with Crippen LogP contribution in [0.4, 0.5) is 11.8 Å². The van der Waals surface area contributed by atoms with Gasteiger partial charge in [0.25, 0.3) is 0 Å². The average molecular weight is 359 g/mol. The number of benzene rings is 1. The number of nitrogens with two attached hydrogens (primary N) is 1. The van der Waals surface area contributed by atoms with Gasteiger partial charge in [0, 0.05) is 48.5 Å². The molecule has 3 N–H and O–H groups in total. The van der Waals surface area contributed by atoms with Gasteiger partial charge in [-0.15, -0.1) is 0 Å². The highest BCUT2D eigenvalue weighted by Gasteiger charge is 2.17. The zero-order valence-electron chi connectivity index (χ0n) is 11.6. The van der Waals surface area contributed by atoms with Gasteiger partial charge in [-0.05, 0) is 12.1 Å². The normalized spacial score (nSPS) is 15.1. The van der Waals surface area contributed by atoms with Crippen LogP contribution >= 0.6 is 34.8 Å². The Bertz CT molecular complexity index is 701. The van der Waals surface area contributed by atoms with Crippen molar-refractivity contribution in [2.45, 2.75) is 0 Å². The quantitative estimate of drug-likeness (QED) is 0.808. The van der Waals surface area contributed by atoms with Crippen molar-refractivity contribution in [3.8, 4) is 11.1 Å². The van der Waals surface area contributed by atoms with Gasteiger partial charge >= 0.3 is 0 Å². The van der Waals surface area contributed by atoms with E-state index in [0.29, 0.717) is 38.0 Å². The molecule has 3 rings (SSSR count). The van der Waals surface area contributed by atoms with Crippen molar-refractivity contribution in [1.29, 1.82) is 0 Å². The van der Waals surface area contributed by atoms with Gasteiger partial charge in [-0.1, -0.05) is 34.8 Å². The molecule has 116 valence electrons. The molecule has 1 fully saturated rings. The van der Waals surface area contributed by atoms with Crippen LogP contribution in [0.15, 0.2) is 18.3 Å². The monoisotopic (exact) mass is 357 g/mol. The summed E-state index contributed by atoms with van der Waals surface area (Å²) in [5, 5.41) is 4.52. The fraction of sp³-hybridized carbons (Fsp3) is 0.286. The molecule has 5 nitrogen and oxygen atoms in total. The number of anilines is 2. The molecule has 1 aromatic heterocycles. The largest absolute Gasteiger partial charge is 0.383 e. The summed E-state index contributed by atoms with van der Waals surface area (Å²) in [4.78, 5) is 10.9. The number of rotatable bonds is 2. The Morgan fingerprint density at radius 1 is 1.09 bits per heavy atom. The maximum Gasteiger partial charge on any atom is 0.227 e. The minimum Gasteiger partial charge on any atom is -0.383 e. The van der Waals surface area contributed by atoms with Crippen molar-refractivity contribution in [1.82, 2.24) is 15.3 Å². The minimum atomic E-state index is 0.351. The number of nitrogens with zero attached hydrogens (tertiary/aromatic N) is 3. The molecule has 0 aliphatic carbocycles. The van der Waals surface area contributed by atoms with E-state index in [1.807, 2.05) is 0 Å². The fourth-order valence-electron chi connectivity index (χ4n) is 2.36. The lowest BCUT2D eigenvalue weighted by Crippen LogP contribution is -2.44. The van der Waals surface area contributed by atoms with Gasteiger partial charge in [-0.3, -0.25) is 0 Å². The molecule has 1 aromatic carbocycles. The second-order valence-corrected chi connectivity index (χ2v) is 6.18. The first-order chi connectivity index (χ1) is 10.6. The summed E-state index contributed by atoms with van der Waals surface area (Å²) in [5.74, 6) is 0.968. The van der Waals surface area contributed by atoms with Crippen LogP contribution in [0.1, 0.15) is 0 Å². The van der Waals surface area contributed by atoms with E-state index in [0.717, 1.165) is 26.2 Å². The number of piperazine rings is 1. The third-order valence-corrected chi connectivity index (χ3v) is 4.51. The van der Waals surface area contributed by atoms with Crippen LogP contribution in [0.5, 0.6) is 0 Å². The third kappa shape index (κ3) is 3.08. The van der Waals surface area contributed by atoms with E-state index in [9.17, 15) is 0 Å². The number of nitrogens with one attached hydrogen (secondary N) is 1. The van der Waals surface area contributed by atoms with E-state index in [-0.39, 0.29) is 0 Å². The van der Waals surface area contributed by atoms with Gasteiger partial charge in [0.2, 0.25) is 5.95 Å². The molecular formula is C14H14Cl3N5. The van der Waals surface area contributed by atoms with Crippen LogP contribution < -0.4 is 16.0 Å². The molecule has 0 amide bonds. The van der Waals surface area contributed by atoms with Crippen LogP contribution in [0.2, 0.25) is 15.1 Å². The summed E-state index contributed by atoms with van der Waals surface area (Å²) >= 11 is 18.3. The van der Waals surface area contributed by atoms with Gasteiger partial charge in [0.1, 0.15) is 5.82 Å². The standard InChI is InChI=1S/C14H14Cl3N5/c15-8-5-9(12(17)11(16)6-8)10-7-20-14(21-13(10)18)22-3-1-19-2-4-22/h5-7,19H,1-4H2,(H2,18,20,21). The van der Waals surface area contributed by atoms with Crippen molar-refractivity contribution in [2.75, 3.05) is 36.8 Å². The first-order valence-electron chi connectivity index (χ1n) is 6.79. The lowest BCUT2D eigenvalue weighted by molar-refractivity contribution is 0.580. The molecule has 0 atom stereocenters. The van der Waals surface area contributed by atoms with E-state index in [1.165, 1.54) is 0 Å². The highest BCUT2D eigenvalue weighted by atomic mass is 35.5. The van der Waals surface area contributed by atoms with Gasteiger partial charge in [-0.25, -0.2) is 4.98 Å². The molecule has 0 radical (unpaired) electrons. The van der Waals surface area contributed by atoms with Crippen LogP contribution in [0, 0.1) is 0 Å². The predicted molar refractivity (Wildman–Crippen MR) is 92.0 cm³/mol.